The number of aromatic hydroxyl groups is 1. The first-order valence-corrected chi connectivity index (χ1v) is 13.5. The quantitative estimate of drug-likeness (QED) is 0.300. The largest absolute Gasteiger partial charge is 0.510 e. The number of ether oxygens (including phenoxy) is 1. The van der Waals surface area contributed by atoms with Crippen molar-refractivity contribution in [1.82, 2.24) is 9.96 Å². The summed E-state index contributed by atoms with van der Waals surface area (Å²) in [5, 5.41) is 23.3. The second-order valence-electron chi connectivity index (χ2n) is 11.2. The Kier molecular flexibility index (Phi) is 8.25. The van der Waals surface area contributed by atoms with E-state index in [1.807, 2.05) is 39.0 Å². The molecule has 1 heterocycles. The summed E-state index contributed by atoms with van der Waals surface area (Å²) in [6.07, 6.45) is 7.58. The third-order valence-corrected chi connectivity index (χ3v) is 8.79. The van der Waals surface area contributed by atoms with Crippen LogP contribution in [0.2, 0.25) is 0 Å². The van der Waals surface area contributed by atoms with Gasteiger partial charge in [-0.1, -0.05) is 38.3 Å². The van der Waals surface area contributed by atoms with Crippen LogP contribution in [0, 0.1) is 11.8 Å². The summed E-state index contributed by atoms with van der Waals surface area (Å²) in [5.74, 6) is 0.772. The number of likely N-dealkylation sites (N-methyl/N-ethyl adjacent to an activating group) is 1. The number of ketones is 1. The molecule has 212 valence electrons. The number of epoxide rings is 1. The number of hydroxylamine groups is 2. The van der Waals surface area contributed by atoms with Crippen molar-refractivity contribution in [1.29, 1.82) is 0 Å². The van der Waals surface area contributed by atoms with Gasteiger partial charge in [-0.05, 0) is 62.5 Å². The predicted molar refractivity (Wildman–Crippen MR) is 148 cm³/mol. The lowest BCUT2D eigenvalue weighted by atomic mass is 9.61. The number of nitrogens with zero attached hydrogens (tertiary/aromatic N) is 2. The number of phenols is 1. The number of rotatable bonds is 4. The maximum Gasteiger partial charge on any atom is 0.204 e. The molecular weight excluding hydrogens is 498 g/mol. The molecule has 1 saturated carbocycles. The maximum atomic E-state index is 13.7. The molecule has 2 fully saturated rings. The van der Waals surface area contributed by atoms with E-state index in [2.05, 4.69) is 12.3 Å². The fraction of sp³-hybridized carbons (Fsp3) is 0.533. The first-order valence-electron chi connectivity index (χ1n) is 13.5. The van der Waals surface area contributed by atoms with E-state index in [1.54, 1.807) is 18.2 Å². The fourth-order valence-electron chi connectivity index (χ4n) is 6.36. The lowest BCUT2D eigenvalue weighted by molar-refractivity contribution is -0.116. The second-order valence-corrected chi connectivity index (χ2v) is 11.2. The maximum absolute atomic E-state index is 13.7. The van der Waals surface area contributed by atoms with Crippen molar-refractivity contribution in [3.63, 3.8) is 0 Å². The first-order chi connectivity index (χ1) is 18.5. The third kappa shape index (κ3) is 4.77. The van der Waals surface area contributed by atoms with E-state index in [-0.39, 0.29) is 35.8 Å². The van der Waals surface area contributed by atoms with Gasteiger partial charge in [-0.15, -0.1) is 0 Å². The lowest BCUT2D eigenvalue weighted by Crippen LogP contribution is -2.51. The van der Waals surface area contributed by atoms with E-state index >= 15 is 0 Å². The molecule has 1 aromatic carbocycles. The molecule has 1 saturated heterocycles. The number of phenolic OH excluding ortho intramolecular Hbond substituents is 1. The molecular formula is C30H41N3O6. The number of carbonyl (C=O) groups is 2. The van der Waals surface area contributed by atoms with Crippen molar-refractivity contribution in [2.45, 2.75) is 63.6 Å². The molecule has 1 aromatic rings. The summed E-state index contributed by atoms with van der Waals surface area (Å²) in [6.45, 7) is 6.61. The van der Waals surface area contributed by atoms with Gasteiger partial charge in [-0.2, -0.15) is 5.06 Å². The molecule has 1 aliphatic heterocycles. The van der Waals surface area contributed by atoms with Crippen molar-refractivity contribution >= 4 is 12.2 Å². The summed E-state index contributed by atoms with van der Waals surface area (Å²) in [6, 6.07) is 3.24. The Labute approximate surface area is 230 Å². The van der Waals surface area contributed by atoms with Crippen molar-refractivity contribution in [2.75, 3.05) is 28.3 Å². The normalized spacial score (nSPS) is 28.0. The van der Waals surface area contributed by atoms with Crippen LogP contribution >= 0.6 is 0 Å². The Hall–Kier alpha value is -3.14. The summed E-state index contributed by atoms with van der Waals surface area (Å²) in [7, 11) is 7.34. The Balaban J connectivity index is 0.000000446. The van der Waals surface area contributed by atoms with E-state index in [0.29, 0.717) is 42.0 Å². The third-order valence-electron chi connectivity index (χ3n) is 8.79. The monoisotopic (exact) mass is 539 g/mol. The summed E-state index contributed by atoms with van der Waals surface area (Å²) < 4.78 is 6.27. The number of allylic oxidation sites excluding steroid dienone is 1. The molecule has 4 N–H and O–H groups in total. The molecule has 1 amide bonds. The second kappa shape index (κ2) is 11.2. The minimum Gasteiger partial charge on any atom is -0.510 e. The number of primary amides is 1. The van der Waals surface area contributed by atoms with Crippen LogP contribution in [0.4, 0.5) is 0 Å². The van der Waals surface area contributed by atoms with Crippen LogP contribution < -0.4 is 5.73 Å². The minimum absolute atomic E-state index is 0.000414. The number of aliphatic hydroxyl groups is 1. The molecule has 0 aromatic heterocycles. The zero-order valence-corrected chi connectivity index (χ0v) is 23.6. The van der Waals surface area contributed by atoms with E-state index in [0.717, 1.165) is 22.3 Å². The highest BCUT2D eigenvalue weighted by molar-refractivity contribution is 6.14. The lowest BCUT2D eigenvalue weighted by Gasteiger charge is -2.44. The number of benzene rings is 1. The van der Waals surface area contributed by atoms with Crippen LogP contribution in [0.3, 0.4) is 0 Å². The number of aliphatic hydroxyl groups excluding tert-OH is 1. The topological polar surface area (TPSA) is 129 Å². The molecule has 0 radical (unpaired) electrons. The average Bonchev–Trinajstić information content (AvgIpc) is 3.60. The molecule has 9 heteroatoms. The number of amides is 1. The van der Waals surface area contributed by atoms with Crippen molar-refractivity contribution < 1.29 is 29.4 Å². The highest BCUT2D eigenvalue weighted by Gasteiger charge is 2.70. The van der Waals surface area contributed by atoms with Gasteiger partial charge in [-0.3, -0.25) is 14.5 Å². The van der Waals surface area contributed by atoms with Crippen LogP contribution in [0.1, 0.15) is 60.5 Å². The molecule has 2 unspecified atom stereocenters. The van der Waals surface area contributed by atoms with Crippen LogP contribution in [0.15, 0.2) is 46.9 Å². The van der Waals surface area contributed by atoms with Crippen LogP contribution in [-0.4, -0.2) is 72.3 Å². The molecule has 1 spiro atoms. The number of Topliss-reactive ketones (excluding diaryl/α,β-unsaturated/α-hetero) is 1. The van der Waals surface area contributed by atoms with Crippen molar-refractivity contribution in [3.8, 4) is 5.75 Å². The minimum atomic E-state index is -0.728. The standard InChI is InChI=1S/C25H30N2O5.C4H8.CH3NO/c1-12-13(2)25-17(21(22(12)29)26(3)4)10-15-9-16-14(11-27(5)31-6)7-8-18(28)20(16)23(30)19(15)24(25)32-25;1-2-4-3-1;2-1-3/h7-8,15,17,21,28-29H,2,9-11H2,1,3-6H3;1-4H2;1H,(H2,2,3)/t15?,17-,21?,25-;;/m0../s1. The molecule has 6 rings (SSSR count). The van der Waals surface area contributed by atoms with Gasteiger partial charge < -0.3 is 25.5 Å². The van der Waals surface area contributed by atoms with E-state index < -0.39 is 5.60 Å². The van der Waals surface area contributed by atoms with Gasteiger partial charge in [-0.25, -0.2) is 0 Å². The Morgan fingerprint density at radius 2 is 1.82 bits per heavy atom. The van der Waals surface area contributed by atoms with Gasteiger partial charge in [0.2, 0.25) is 6.41 Å². The number of hydrogen-bond acceptors (Lipinski definition) is 8. The summed E-state index contributed by atoms with van der Waals surface area (Å²) in [4.78, 5) is 29.6. The van der Waals surface area contributed by atoms with Gasteiger partial charge in [0, 0.05) is 30.7 Å². The highest BCUT2D eigenvalue weighted by atomic mass is 16.7. The fourth-order valence-corrected chi connectivity index (χ4v) is 6.36. The molecule has 39 heavy (non-hydrogen) atoms. The highest BCUT2D eigenvalue weighted by Crippen LogP contribution is 2.66. The number of carbonyl (C=O) groups excluding carboxylic acids is 2. The Morgan fingerprint density at radius 1 is 1.21 bits per heavy atom. The van der Waals surface area contributed by atoms with E-state index in [1.165, 1.54) is 25.7 Å². The molecule has 0 bridgehead atoms. The predicted octanol–water partition coefficient (Wildman–Crippen LogP) is 3.78. The molecule has 4 aliphatic carbocycles. The number of fused-ring (bicyclic) bond motifs is 2. The summed E-state index contributed by atoms with van der Waals surface area (Å²) >= 11 is 0. The van der Waals surface area contributed by atoms with Crippen LogP contribution in [0.25, 0.3) is 0 Å². The molecule has 5 aliphatic rings. The molecule has 4 atom stereocenters. The smallest absolute Gasteiger partial charge is 0.204 e. The van der Waals surface area contributed by atoms with Gasteiger partial charge in [0.05, 0.1) is 18.7 Å². The van der Waals surface area contributed by atoms with Gasteiger partial charge in [0.25, 0.3) is 0 Å². The van der Waals surface area contributed by atoms with Gasteiger partial charge >= 0.3 is 0 Å². The van der Waals surface area contributed by atoms with Gasteiger partial charge in [0.15, 0.2) is 17.1 Å². The Morgan fingerprint density at radius 3 is 2.36 bits per heavy atom. The summed E-state index contributed by atoms with van der Waals surface area (Å²) in [5.41, 5.74) is 7.76. The number of nitrogens with two attached hydrogens (primary N) is 1. The first kappa shape index (κ1) is 28.9. The number of hydrogen-bond donors (Lipinski definition) is 3. The van der Waals surface area contributed by atoms with Crippen LogP contribution in [0.5, 0.6) is 5.75 Å². The Bertz CT molecular complexity index is 1230. The zero-order valence-electron chi connectivity index (χ0n) is 23.6. The van der Waals surface area contributed by atoms with Gasteiger partial charge in [0.1, 0.15) is 11.5 Å². The van der Waals surface area contributed by atoms with E-state index in [4.69, 9.17) is 14.4 Å². The average molecular weight is 540 g/mol. The molecule has 9 nitrogen and oxygen atoms in total. The van der Waals surface area contributed by atoms with Crippen molar-refractivity contribution in [3.05, 3.63) is 63.6 Å². The zero-order chi connectivity index (χ0) is 28.6. The van der Waals surface area contributed by atoms with Crippen LogP contribution in [-0.2, 0) is 27.3 Å². The van der Waals surface area contributed by atoms with Crippen molar-refractivity contribution in [2.24, 2.45) is 17.6 Å². The van der Waals surface area contributed by atoms with E-state index in [9.17, 15) is 15.0 Å². The SMILES string of the molecule is C1CCC1.C=C1C(C)=C(O)C(N(C)C)[C@@H]2CC3Cc4c(CN(C)OC)ccc(O)c4C(=O)C3=C3O[C@]132.NC=O.